The zero-order chi connectivity index (χ0) is 23.6. The van der Waals surface area contributed by atoms with E-state index < -0.39 is 15.9 Å². The van der Waals surface area contributed by atoms with E-state index in [4.69, 9.17) is 9.15 Å². The number of aromatic nitrogens is 1. The molecule has 0 aliphatic carbocycles. The molecule has 0 atom stereocenters. The van der Waals surface area contributed by atoms with Crippen LogP contribution < -0.4 is 14.8 Å². The molecule has 0 bridgehead atoms. The van der Waals surface area contributed by atoms with Crippen molar-refractivity contribution >= 4 is 38.1 Å². The first-order valence-corrected chi connectivity index (χ1v) is 12.2. The van der Waals surface area contributed by atoms with Crippen molar-refractivity contribution in [2.24, 2.45) is 0 Å². The molecule has 0 aliphatic rings. The number of furan rings is 1. The number of rotatable bonds is 7. The first-order valence-electron chi connectivity index (χ1n) is 9.87. The number of thiazole rings is 1. The summed E-state index contributed by atoms with van der Waals surface area (Å²) in [5.41, 5.74) is 2.04. The molecule has 170 valence electrons. The molecule has 0 spiro atoms. The molecule has 0 aliphatic heterocycles. The van der Waals surface area contributed by atoms with Crippen molar-refractivity contribution in [2.45, 2.75) is 18.7 Å². The van der Waals surface area contributed by atoms with Gasteiger partial charge in [0.05, 0.1) is 23.4 Å². The number of carbonyl (C=O) groups is 1. The van der Waals surface area contributed by atoms with Gasteiger partial charge in [0.25, 0.3) is 15.9 Å². The molecule has 0 saturated heterocycles. The quantitative estimate of drug-likeness (QED) is 0.379. The minimum Gasteiger partial charge on any atom is -0.495 e. The van der Waals surface area contributed by atoms with Gasteiger partial charge in [-0.05, 0) is 50.2 Å². The zero-order valence-electron chi connectivity index (χ0n) is 18.1. The second kappa shape index (κ2) is 9.08. The Bertz CT molecular complexity index is 1420. The number of carbonyl (C=O) groups excluding carboxylic acids is 1. The number of hydrogen-bond acceptors (Lipinski definition) is 7. The molecule has 2 heterocycles. The van der Waals surface area contributed by atoms with Crippen LogP contribution in [0.15, 0.2) is 69.3 Å². The molecule has 4 rings (SSSR count). The second-order valence-corrected chi connectivity index (χ2v) is 9.69. The third kappa shape index (κ3) is 4.91. The summed E-state index contributed by atoms with van der Waals surface area (Å²) in [7, 11) is -2.49. The fourth-order valence-electron chi connectivity index (χ4n) is 3.25. The monoisotopic (exact) mass is 483 g/mol. The maximum atomic E-state index is 12.9. The molecule has 0 saturated carbocycles. The molecule has 0 unspecified atom stereocenters. The van der Waals surface area contributed by atoms with Gasteiger partial charge in [0.1, 0.15) is 17.3 Å². The highest BCUT2D eigenvalue weighted by atomic mass is 32.2. The Morgan fingerprint density at radius 1 is 1.09 bits per heavy atom. The smallest absolute Gasteiger partial charge is 0.262 e. The first-order chi connectivity index (χ1) is 15.8. The third-order valence-corrected chi connectivity index (χ3v) is 6.92. The molecule has 10 heteroatoms. The van der Waals surface area contributed by atoms with E-state index in [1.54, 1.807) is 24.3 Å². The second-order valence-electron chi connectivity index (χ2n) is 7.15. The summed E-state index contributed by atoms with van der Waals surface area (Å²) in [4.78, 5) is 17.2. The Balaban J connectivity index is 1.53. The van der Waals surface area contributed by atoms with Crippen molar-refractivity contribution in [1.29, 1.82) is 0 Å². The minimum absolute atomic E-state index is 0.0506. The Morgan fingerprint density at radius 3 is 2.61 bits per heavy atom. The van der Waals surface area contributed by atoms with Gasteiger partial charge in [0.15, 0.2) is 5.13 Å². The van der Waals surface area contributed by atoms with Crippen molar-refractivity contribution in [3.8, 4) is 17.0 Å². The average molecular weight is 484 g/mol. The van der Waals surface area contributed by atoms with Crippen molar-refractivity contribution in [3.05, 3.63) is 77.1 Å². The van der Waals surface area contributed by atoms with Gasteiger partial charge < -0.3 is 9.15 Å². The Hall–Kier alpha value is -3.63. The Morgan fingerprint density at radius 2 is 1.88 bits per heavy atom. The summed E-state index contributed by atoms with van der Waals surface area (Å²) in [5.74, 6) is 1.44. The van der Waals surface area contributed by atoms with Crippen LogP contribution in [0.5, 0.6) is 5.75 Å². The van der Waals surface area contributed by atoms with Crippen LogP contribution in [0, 0.1) is 13.8 Å². The number of ether oxygens (including phenoxy) is 1. The average Bonchev–Trinajstić information content (AvgIpc) is 3.39. The highest BCUT2D eigenvalue weighted by Gasteiger charge is 2.19. The van der Waals surface area contributed by atoms with Gasteiger partial charge in [0.2, 0.25) is 0 Å². The fraction of sp³-hybridized carbons (Fsp3) is 0.130. The van der Waals surface area contributed by atoms with Crippen molar-refractivity contribution in [1.82, 2.24) is 4.98 Å². The summed E-state index contributed by atoms with van der Waals surface area (Å²) in [5, 5.41) is 4.95. The standard InChI is InChI=1S/C23H21N3O5S2/c1-14-11-18(15(2)31-14)20-13-32-23(24-20)25-22(27)16-7-6-8-17(12-16)33(28,29)26-19-9-4-5-10-21(19)30-3/h4-13,26H,1-3H3,(H,24,25,27). The topological polar surface area (TPSA) is 111 Å². The molecule has 33 heavy (non-hydrogen) atoms. The van der Waals surface area contributed by atoms with Gasteiger partial charge in [-0.15, -0.1) is 11.3 Å². The number of nitrogens with zero attached hydrogens (tertiary/aromatic N) is 1. The molecule has 0 radical (unpaired) electrons. The summed E-state index contributed by atoms with van der Waals surface area (Å²) in [6, 6.07) is 14.3. The predicted molar refractivity (Wildman–Crippen MR) is 127 cm³/mol. The lowest BCUT2D eigenvalue weighted by atomic mass is 10.2. The lowest BCUT2D eigenvalue weighted by Crippen LogP contribution is -2.16. The van der Waals surface area contributed by atoms with Crippen molar-refractivity contribution in [2.75, 3.05) is 17.1 Å². The fourth-order valence-corrected chi connectivity index (χ4v) is 5.07. The molecule has 2 aromatic carbocycles. The number of amides is 1. The number of aryl methyl sites for hydroxylation is 2. The van der Waals surface area contributed by atoms with Crippen molar-refractivity contribution in [3.63, 3.8) is 0 Å². The van der Waals surface area contributed by atoms with Gasteiger partial charge in [-0.2, -0.15) is 0 Å². The summed E-state index contributed by atoms with van der Waals surface area (Å²) in [6.07, 6.45) is 0. The number of hydrogen-bond donors (Lipinski definition) is 2. The van der Waals surface area contributed by atoms with E-state index in [9.17, 15) is 13.2 Å². The van der Waals surface area contributed by atoms with E-state index in [1.165, 1.54) is 42.7 Å². The van der Waals surface area contributed by atoms with Gasteiger partial charge >= 0.3 is 0 Å². The lowest BCUT2D eigenvalue weighted by molar-refractivity contribution is 0.102. The molecule has 2 aromatic heterocycles. The van der Waals surface area contributed by atoms with E-state index in [0.717, 1.165) is 17.1 Å². The molecule has 1 amide bonds. The van der Waals surface area contributed by atoms with E-state index in [2.05, 4.69) is 15.0 Å². The SMILES string of the molecule is COc1ccccc1NS(=O)(=O)c1cccc(C(=O)Nc2nc(-c3cc(C)oc3C)cs2)c1. The highest BCUT2D eigenvalue weighted by molar-refractivity contribution is 7.92. The maximum absolute atomic E-state index is 12.9. The number of benzene rings is 2. The van der Waals surface area contributed by atoms with Crippen LogP contribution in [-0.4, -0.2) is 26.4 Å². The largest absolute Gasteiger partial charge is 0.495 e. The van der Waals surface area contributed by atoms with Crippen LogP contribution >= 0.6 is 11.3 Å². The molecular weight excluding hydrogens is 462 g/mol. The number of anilines is 2. The normalized spacial score (nSPS) is 11.2. The minimum atomic E-state index is -3.94. The molecule has 8 nitrogen and oxygen atoms in total. The Labute approximate surface area is 195 Å². The van der Waals surface area contributed by atoms with E-state index in [-0.39, 0.29) is 10.5 Å². The van der Waals surface area contributed by atoms with Gasteiger partial charge in [-0.3, -0.25) is 14.8 Å². The number of nitrogens with one attached hydrogen (secondary N) is 2. The zero-order valence-corrected chi connectivity index (χ0v) is 19.7. The van der Waals surface area contributed by atoms with Crippen molar-refractivity contribution < 1.29 is 22.4 Å². The molecular formula is C23H21N3O5S2. The Kier molecular flexibility index (Phi) is 6.21. The first kappa shape index (κ1) is 22.6. The molecule has 2 N–H and O–H groups in total. The highest BCUT2D eigenvalue weighted by Crippen LogP contribution is 2.30. The van der Waals surface area contributed by atoms with Crippen LogP contribution in [0.2, 0.25) is 0 Å². The summed E-state index contributed by atoms with van der Waals surface area (Å²) >= 11 is 1.27. The van der Waals surface area contributed by atoms with Crippen LogP contribution in [-0.2, 0) is 10.0 Å². The van der Waals surface area contributed by atoms with Crippen LogP contribution in [0.3, 0.4) is 0 Å². The van der Waals surface area contributed by atoms with Crippen LogP contribution in [0.4, 0.5) is 10.8 Å². The van der Waals surface area contributed by atoms with Crippen LogP contribution in [0.25, 0.3) is 11.3 Å². The lowest BCUT2D eigenvalue weighted by Gasteiger charge is -2.12. The van der Waals surface area contributed by atoms with Gasteiger partial charge in [-0.1, -0.05) is 18.2 Å². The van der Waals surface area contributed by atoms with Gasteiger partial charge in [-0.25, -0.2) is 13.4 Å². The predicted octanol–water partition coefficient (Wildman–Crippen LogP) is 5.08. The van der Waals surface area contributed by atoms with Crippen LogP contribution in [0.1, 0.15) is 21.9 Å². The number of methoxy groups -OCH3 is 1. The summed E-state index contributed by atoms with van der Waals surface area (Å²) < 4.78 is 39.0. The molecule has 0 fully saturated rings. The van der Waals surface area contributed by atoms with E-state index >= 15 is 0 Å². The maximum Gasteiger partial charge on any atom is 0.262 e. The van der Waals surface area contributed by atoms with E-state index in [0.29, 0.717) is 22.3 Å². The molecule has 4 aromatic rings. The van der Waals surface area contributed by atoms with Gasteiger partial charge in [0, 0.05) is 16.5 Å². The number of sulfonamides is 1. The summed E-state index contributed by atoms with van der Waals surface area (Å²) in [6.45, 7) is 3.71. The number of para-hydroxylation sites is 2. The third-order valence-electron chi connectivity index (χ3n) is 4.80. The van der Waals surface area contributed by atoms with E-state index in [1.807, 2.05) is 25.3 Å².